The van der Waals surface area contributed by atoms with Crippen LogP contribution in [0.25, 0.3) is 0 Å². The lowest BCUT2D eigenvalue weighted by atomic mass is 10.1. The number of likely N-dealkylation sites (tertiary alicyclic amines) is 1. The van der Waals surface area contributed by atoms with E-state index in [-0.39, 0.29) is 22.1 Å². The number of halogens is 2. The number of benzene rings is 2. The van der Waals surface area contributed by atoms with Crippen LogP contribution in [-0.4, -0.2) is 56.1 Å². The molecule has 7 nitrogen and oxygen atoms in total. The fourth-order valence-corrected chi connectivity index (χ4v) is 4.46. The molecule has 2 amide bonds. The van der Waals surface area contributed by atoms with E-state index in [1.54, 1.807) is 4.90 Å². The molecule has 1 saturated heterocycles. The fraction of sp³-hybridized carbons (Fsp3) is 0.300. The van der Waals surface area contributed by atoms with Gasteiger partial charge < -0.3 is 10.2 Å². The molecule has 3 rings (SSSR count). The van der Waals surface area contributed by atoms with Crippen molar-refractivity contribution in [2.45, 2.75) is 17.7 Å². The molecular formula is C20H21ClFN3O4S. The molecule has 0 radical (unpaired) electrons. The first-order valence-corrected chi connectivity index (χ1v) is 11.1. The number of carbonyl (C=O) groups is 2. The SMILES string of the molecule is CN(CC(=O)Nc1ccc(Cl)cc1C(=O)N1CCCC1)S(=O)(=O)c1ccc(F)cc1. The molecule has 1 heterocycles. The lowest BCUT2D eigenvalue weighted by molar-refractivity contribution is -0.116. The van der Waals surface area contributed by atoms with Gasteiger partial charge in [-0.2, -0.15) is 4.31 Å². The number of likely N-dealkylation sites (N-methyl/N-ethyl adjacent to an activating group) is 1. The van der Waals surface area contributed by atoms with E-state index in [0.29, 0.717) is 18.1 Å². The Morgan fingerprint density at radius 2 is 1.77 bits per heavy atom. The predicted octanol–water partition coefficient (Wildman–Crippen LogP) is 2.97. The van der Waals surface area contributed by atoms with E-state index in [2.05, 4.69) is 5.32 Å². The Bertz CT molecular complexity index is 1050. The van der Waals surface area contributed by atoms with Gasteiger partial charge in [0.2, 0.25) is 15.9 Å². The molecule has 1 N–H and O–H groups in total. The number of nitrogens with one attached hydrogen (secondary N) is 1. The largest absolute Gasteiger partial charge is 0.339 e. The Kier molecular flexibility index (Phi) is 6.74. The first kappa shape index (κ1) is 22.2. The summed E-state index contributed by atoms with van der Waals surface area (Å²) >= 11 is 6.03. The molecular weight excluding hydrogens is 433 g/mol. The van der Waals surface area contributed by atoms with Crippen LogP contribution in [0.4, 0.5) is 10.1 Å². The normalized spacial score (nSPS) is 14.2. The number of hydrogen-bond donors (Lipinski definition) is 1. The number of rotatable bonds is 6. The molecule has 30 heavy (non-hydrogen) atoms. The van der Waals surface area contributed by atoms with Gasteiger partial charge >= 0.3 is 0 Å². The minimum absolute atomic E-state index is 0.129. The third kappa shape index (κ3) is 4.97. The van der Waals surface area contributed by atoms with E-state index in [0.717, 1.165) is 41.4 Å². The first-order valence-electron chi connectivity index (χ1n) is 9.29. The van der Waals surface area contributed by atoms with Crippen molar-refractivity contribution in [1.82, 2.24) is 9.21 Å². The van der Waals surface area contributed by atoms with Crippen LogP contribution in [0.2, 0.25) is 5.02 Å². The highest BCUT2D eigenvalue weighted by molar-refractivity contribution is 7.89. The summed E-state index contributed by atoms with van der Waals surface area (Å²) in [5, 5.41) is 2.95. The quantitative estimate of drug-likeness (QED) is 0.728. The summed E-state index contributed by atoms with van der Waals surface area (Å²) in [6.45, 7) is 0.786. The molecule has 0 aliphatic carbocycles. The first-order chi connectivity index (χ1) is 14.2. The van der Waals surface area contributed by atoms with Crippen molar-refractivity contribution in [2.75, 3.05) is 32.0 Å². The molecule has 0 spiro atoms. The molecule has 1 aliphatic heterocycles. The van der Waals surface area contributed by atoms with Gasteiger partial charge in [-0.15, -0.1) is 0 Å². The summed E-state index contributed by atoms with van der Waals surface area (Å²) in [7, 11) is -2.73. The van der Waals surface area contributed by atoms with Crippen LogP contribution < -0.4 is 5.32 Å². The molecule has 0 saturated carbocycles. The second-order valence-corrected chi connectivity index (χ2v) is 9.43. The number of amides is 2. The van der Waals surface area contributed by atoms with Gasteiger partial charge in [0.15, 0.2) is 0 Å². The minimum atomic E-state index is -3.98. The van der Waals surface area contributed by atoms with Crippen LogP contribution in [0, 0.1) is 5.82 Å². The average Bonchev–Trinajstić information content (AvgIpc) is 3.24. The summed E-state index contributed by atoms with van der Waals surface area (Å²) in [4.78, 5) is 26.8. The summed E-state index contributed by atoms with van der Waals surface area (Å²) in [6.07, 6.45) is 1.83. The van der Waals surface area contributed by atoms with Crippen molar-refractivity contribution in [3.05, 3.63) is 58.9 Å². The van der Waals surface area contributed by atoms with Crippen molar-refractivity contribution in [3.63, 3.8) is 0 Å². The van der Waals surface area contributed by atoms with Crippen molar-refractivity contribution < 1.29 is 22.4 Å². The van der Waals surface area contributed by atoms with E-state index in [1.807, 2.05) is 0 Å². The van der Waals surface area contributed by atoms with E-state index >= 15 is 0 Å². The number of sulfonamides is 1. The lowest BCUT2D eigenvalue weighted by Crippen LogP contribution is -2.35. The zero-order valence-electron chi connectivity index (χ0n) is 16.3. The summed E-state index contributed by atoms with van der Waals surface area (Å²) < 4.78 is 39.1. The predicted molar refractivity (Wildman–Crippen MR) is 111 cm³/mol. The number of carbonyl (C=O) groups excluding carboxylic acids is 2. The van der Waals surface area contributed by atoms with Crippen LogP contribution in [0.15, 0.2) is 47.4 Å². The molecule has 2 aromatic carbocycles. The minimum Gasteiger partial charge on any atom is -0.339 e. The highest BCUT2D eigenvalue weighted by atomic mass is 35.5. The highest BCUT2D eigenvalue weighted by Gasteiger charge is 2.25. The number of nitrogens with zero attached hydrogens (tertiary/aromatic N) is 2. The van der Waals surface area contributed by atoms with Gasteiger partial charge in [-0.05, 0) is 55.3 Å². The number of hydrogen-bond acceptors (Lipinski definition) is 4. The zero-order chi connectivity index (χ0) is 21.9. The molecule has 2 aromatic rings. The molecule has 0 atom stereocenters. The maximum absolute atomic E-state index is 13.1. The van der Waals surface area contributed by atoms with Gasteiger partial charge in [0.05, 0.1) is 22.7 Å². The fourth-order valence-electron chi connectivity index (χ4n) is 3.16. The van der Waals surface area contributed by atoms with Crippen LogP contribution in [0.5, 0.6) is 0 Å². The van der Waals surface area contributed by atoms with Gasteiger partial charge in [-0.3, -0.25) is 9.59 Å². The van der Waals surface area contributed by atoms with Gasteiger partial charge in [-0.1, -0.05) is 11.6 Å². The Labute approximate surface area is 179 Å². The topological polar surface area (TPSA) is 86.8 Å². The molecule has 0 aromatic heterocycles. The molecule has 0 bridgehead atoms. The standard InChI is InChI=1S/C20H21ClFN3O4S/c1-24(30(28,29)16-7-5-15(22)6-8-16)13-19(26)23-18-9-4-14(21)12-17(18)20(27)25-10-2-3-11-25/h4-9,12H,2-3,10-11,13H2,1H3,(H,23,26). The second-order valence-electron chi connectivity index (χ2n) is 6.95. The maximum atomic E-state index is 13.1. The summed E-state index contributed by atoms with van der Waals surface area (Å²) in [5.41, 5.74) is 0.510. The molecule has 0 unspecified atom stereocenters. The smallest absolute Gasteiger partial charge is 0.256 e. The molecule has 1 aliphatic rings. The third-order valence-corrected chi connectivity index (χ3v) is 6.82. The van der Waals surface area contributed by atoms with E-state index < -0.39 is 28.3 Å². The van der Waals surface area contributed by atoms with Crippen molar-refractivity contribution in [2.24, 2.45) is 0 Å². The Morgan fingerprint density at radius 3 is 2.40 bits per heavy atom. The molecule has 1 fully saturated rings. The van der Waals surface area contributed by atoms with Crippen molar-refractivity contribution >= 4 is 39.1 Å². The van der Waals surface area contributed by atoms with Gasteiger partial charge in [0.25, 0.3) is 5.91 Å². The Balaban J connectivity index is 1.74. The second kappa shape index (κ2) is 9.11. The Morgan fingerprint density at radius 1 is 1.13 bits per heavy atom. The van der Waals surface area contributed by atoms with Crippen LogP contribution in [0.3, 0.4) is 0 Å². The van der Waals surface area contributed by atoms with Gasteiger partial charge in [0, 0.05) is 25.2 Å². The summed E-state index contributed by atoms with van der Waals surface area (Å²) in [5.74, 6) is -1.43. The highest BCUT2D eigenvalue weighted by Crippen LogP contribution is 2.24. The Hall–Kier alpha value is -2.49. The average molecular weight is 454 g/mol. The summed E-state index contributed by atoms with van der Waals surface area (Å²) in [6, 6.07) is 8.86. The van der Waals surface area contributed by atoms with E-state index in [9.17, 15) is 22.4 Å². The van der Waals surface area contributed by atoms with Crippen LogP contribution in [0.1, 0.15) is 23.2 Å². The monoisotopic (exact) mass is 453 g/mol. The number of anilines is 1. The van der Waals surface area contributed by atoms with Crippen LogP contribution in [-0.2, 0) is 14.8 Å². The van der Waals surface area contributed by atoms with Crippen LogP contribution >= 0.6 is 11.6 Å². The zero-order valence-corrected chi connectivity index (χ0v) is 17.8. The van der Waals surface area contributed by atoms with E-state index in [1.165, 1.54) is 25.2 Å². The van der Waals surface area contributed by atoms with Crippen molar-refractivity contribution in [3.8, 4) is 0 Å². The molecule has 10 heteroatoms. The van der Waals surface area contributed by atoms with Gasteiger partial charge in [0.1, 0.15) is 5.82 Å². The van der Waals surface area contributed by atoms with Gasteiger partial charge in [-0.25, -0.2) is 12.8 Å². The van der Waals surface area contributed by atoms with E-state index in [4.69, 9.17) is 11.6 Å². The third-order valence-electron chi connectivity index (χ3n) is 4.77. The maximum Gasteiger partial charge on any atom is 0.256 e. The molecule has 160 valence electrons. The lowest BCUT2D eigenvalue weighted by Gasteiger charge is -2.20. The van der Waals surface area contributed by atoms with Crippen molar-refractivity contribution in [1.29, 1.82) is 0 Å².